The Kier molecular flexibility index (Phi) is 3.88. The minimum Gasteiger partial charge on any atom is -0.257 e. The van der Waals surface area contributed by atoms with Crippen molar-refractivity contribution in [1.82, 2.24) is 0 Å². The topological polar surface area (TPSA) is 12.4 Å². The maximum Gasteiger partial charge on any atom is 0.0708 e. The Balaban J connectivity index is 2.55. The van der Waals surface area contributed by atoms with Crippen LogP contribution in [0.1, 0.15) is 43.4 Å². The predicted octanol–water partition coefficient (Wildman–Crippen LogP) is 4.56. The first kappa shape index (κ1) is 13.0. The van der Waals surface area contributed by atoms with Crippen molar-refractivity contribution >= 4 is 36.7 Å². The van der Waals surface area contributed by atoms with Gasteiger partial charge in [-0.3, -0.25) is 4.99 Å². The first-order chi connectivity index (χ1) is 8.06. The van der Waals surface area contributed by atoms with Gasteiger partial charge in [-0.1, -0.05) is 13.3 Å². The molecule has 1 aromatic carbocycles. The molecule has 0 aromatic heterocycles. The minimum absolute atomic E-state index is 0.983. The molecule has 0 bridgehead atoms. The third kappa shape index (κ3) is 2.27. The van der Waals surface area contributed by atoms with Crippen molar-refractivity contribution < 1.29 is 0 Å². The van der Waals surface area contributed by atoms with E-state index in [1.807, 2.05) is 0 Å². The smallest absolute Gasteiger partial charge is 0.0708 e. The molecule has 0 atom stereocenters. The van der Waals surface area contributed by atoms with Gasteiger partial charge in [-0.05, 0) is 43.4 Å². The number of hydrogen-bond acceptors (Lipinski definition) is 3. The van der Waals surface area contributed by atoms with Gasteiger partial charge in [0.2, 0.25) is 0 Å². The SMILES string of the molecule is CCCCc1c(S)c(S)c(C)c2c1CC(C)=N2. The van der Waals surface area contributed by atoms with E-state index in [0.717, 1.165) is 28.3 Å². The zero-order valence-electron chi connectivity index (χ0n) is 10.7. The van der Waals surface area contributed by atoms with Crippen LogP contribution < -0.4 is 0 Å². The minimum atomic E-state index is 0.983. The molecule has 0 spiro atoms. The average Bonchev–Trinajstić information content (AvgIpc) is 2.68. The lowest BCUT2D eigenvalue weighted by Crippen LogP contribution is -2.00. The molecule has 1 aromatic rings. The van der Waals surface area contributed by atoms with Gasteiger partial charge in [-0.2, -0.15) is 0 Å². The maximum absolute atomic E-state index is 4.66. The highest BCUT2D eigenvalue weighted by Crippen LogP contribution is 2.41. The van der Waals surface area contributed by atoms with Gasteiger partial charge >= 0.3 is 0 Å². The van der Waals surface area contributed by atoms with Crippen LogP contribution in [-0.4, -0.2) is 5.71 Å². The number of thiol groups is 2. The number of aliphatic imine (C=N–C) groups is 1. The molecule has 0 aliphatic carbocycles. The van der Waals surface area contributed by atoms with Crippen molar-refractivity contribution in [2.24, 2.45) is 4.99 Å². The van der Waals surface area contributed by atoms with E-state index in [1.54, 1.807) is 0 Å². The molecule has 1 aliphatic heterocycles. The number of fused-ring (bicyclic) bond motifs is 1. The summed E-state index contributed by atoms with van der Waals surface area (Å²) in [6.07, 6.45) is 4.48. The Labute approximate surface area is 115 Å². The molecule has 2 rings (SSSR count). The highest BCUT2D eigenvalue weighted by molar-refractivity contribution is 7.83. The highest BCUT2D eigenvalue weighted by atomic mass is 32.1. The van der Waals surface area contributed by atoms with E-state index >= 15 is 0 Å². The van der Waals surface area contributed by atoms with Crippen LogP contribution in [0.2, 0.25) is 0 Å². The van der Waals surface area contributed by atoms with Crippen molar-refractivity contribution in [2.45, 2.75) is 56.2 Å². The second-order valence-electron chi connectivity index (χ2n) is 4.76. The molecule has 1 aliphatic rings. The number of benzene rings is 1. The molecule has 0 amide bonds. The number of rotatable bonds is 3. The summed E-state index contributed by atoms with van der Waals surface area (Å²) in [5, 5.41) is 0. The predicted molar refractivity (Wildman–Crippen MR) is 80.8 cm³/mol. The van der Waals surface area contributed by atoms with Crippen LogP contribution >= 0.6 is 25.3 Å². The Bertz CT molecular complexity index is 490. The summed E-state index contributed by atoms with van der Waals surface area (Å²) in [7, 11) is 0. The Morgan fingerprint density at radius 2 is 1.88 bits per heavy atom. The van der Waals surface area contributed by atoms with E-state index < -0.39 is 0 Å². The molecule has 0 fully saturated rings. The van der Waals surface area contributed by atoms with Crippen LogP contribution in [0.25, 0.3) is 0 Å². The molecule has 1 nitrogen and oxygen atoms in total. The van der Waals surface area contributed by atoms with Crippen LogP contribution in [0, 0.1) is 6.92 Å². The molecule has 0 N–H and O–H groups in total. The summed E-state index contributed by atoms with van der Waals surface area (Å²) >= 11 is 9.24. The molecule has 3 heteroatoms. The van der Waals surface area contributed by atoms with Crippen molar-refractivity contribution in [3.05, 3.63) is 16.7 Å². The van der Waals surface area contributed by atoms with Gasteiger partial charge in [-0.15, -0.1) is 25.3 Å². The van der Waals surface area contributed by atoms with Gasteiger partial charge in [0.1, 0.15) is 0 Å². The summed E-state index contributed by atoms with van der Waals surface area (Å²) in [6.45, 7) is 6.40. The first-order valence-corrected chi connectivity index (χ1v) is 7.06. The van der Waals surface area contributed by atoms with E-state index in [4.69, 9.17) is 0 Å². The van der Waals surface area contributed by atoms with Crippen molar-refractivity contribution in [2.75, 3.05) is 0 Å². The monoisotopic (exact) mass is 265 g/mol. The van der Waals surface area contributed by atoms with Gasteiger partial charge in [-0.25, -0.2) is 0 Å². The van der Waals surface area contributed by atoms with Crippen molar-refractivity contribution in [1.29, 1.82) is 0 Å². The number of hydrogen-bond donors (Lipinski definition) is 2. The van der Waals surface area contributed by atoms with E-state index in [9.17, 15) is 0 Å². The second-order valence-corrected chi connectivity index (χ2v) is 5.65. The molecule has 1 heterocycles. The van der Waals surface area contributed by atoms with E-state index in [0.29, 0.717) is 0 Å². The molecule has 17 heavy (non-hydrogen) atoms. The Morgan fingerprint density at radius 3 is 2.53 bits per heavy atom. The van der Waals surface area contributed by atoms with Gasteiger partial charge in [0.15, 0.2) is 0 Å². The van der Waals surface area contributed by atoms with E-state index in [2.05, 4.69) is 51.0 Å². The fraction of sp³-hybridized carbons (Fsp3) is 0.500. The van der Waals surface area contributed by atoms with Crippen molar-refractivity contribution in [3.8, 4) is 0 Å². The van der Waals surface area contributed by atoms with Gasteiger partial charge in [0.05, 0.1) is 5.69 Å². The molecular formula is C14H19NS2. The third-order valence-electron chi connectivity index (χ3n) is 3.39. The quantitative estimate of drug-likeness (QED) is 0.743. The Hall–Kier alpha value is -0.410. The molecule has 0 saturated carbocycles. The number of nitrogens with zero attached hydrogens (tertiary/aromatic N) is 1. The first-order valence-electron chi connectivity index (χ1n) is 6.16. The molecule has 0 saturated heterocycles. The third-order valence-corrected chi connectivity index (χ3v) is 4.62. The van der Waals surface area contributed by atoms with Crippen LogP contribution in [0.15, 0.2) is 14.8 Å². The summed E-state index contributed by atoms with van der Waals surface area (Å²) in [5.74, 6) is 0. The standard InChI is InChI=1S/C14H19NS2/c1-4-5-6-10-11-7-8(2)15-12(11)9(3)13(16)14(10)17/h16-17H,4-7H2,1-3H3. The molecule has 0 unspecified atom stereocenters. The molecular weight excluding hydrogens is 246 g/mol. The summed E-state index contributed by atoms with van der Waals surface area (Å²) in [4.78, 5) is 6.71. The van der Waals surface area contributed by atoms with Crippen LogP contribution in [0.4, 0.5) is 5.69 Å². The van der Waals surface area contributed by atoms with Crippen LogP contribution in [0.5, 0.6) is 0 Å². The highest BCUT2D eigenvalue weighted by Gasteiger charge is 2.22. The normalized spacial score (nSPS) is 13.8. The fourth-order valence-corrected chi connectivity index (χ4v) is 3.05. The van der Waals surface area contributed by atoms with Crippen LogP contribution in [0.3, 0.4) is 0 Å². The Morgan fingerprint density at radius 1 is 1.18 bits per heavy atom. The molecule has 92 valence electrons. The lowest BCUT2D eigenvalue weighted by atomic mass is 9.96. The van der Waals surface area contributed by atoms with Gasteiger partial charge < -0.3 is 0 Å². The van der Waals surface area contributed by atoms with Gasteiger partial charge in [0.25, 0.3) is 0 Å². The van der Waals surface area contributed by atoms with Crippen molar-refractivity contribution in [3.63, 3.8) is 0 Å². The fourth-order valence-electron chi connectivity index (χ4n) is 2.40. The van der Waals surface area contributed by atoms with E-state index in [1.165, 1.54) is 35.2 Å². The maximum atomic E-state index is 4.66. The van der Waals surface area contributed by atoms with Crippen LogP contribution in [-0.2, 0) is 12.8 Å². The largest absolute Gasteiger partial charge is 0.257 e. The zero-order valence-corrected chi connectivity index (χ0v) is 12.5. The summed E-state index contributed by atoms with van der Waals surface area (Å²) in [5.41, 5.74) is 6.27. The second kappa shape index (κ2) is 5.07. The summed E-state index contributed by atoms with van der Waals surface area (Å²) < 4.78 is 0. The number of unbranched alkanes of at least 4 members (excludes halogenated alkanes) is 1. The van der Waals surface area contributed by atoms with Gasteiger partial charge in [0, 0.05) is 21.9 Å². The molecule has 0 radical (unpaired) electrons. The summed E-state index contributed by atoms with van der Waals surface area (Å²) in [6, 6.07) is 0. The lowest BCUT2D eigenvalue weighted by molar-refractivity contribution is 0.774. The zero-order chi connectivity index (χ0) is 12.6. The average molecular weight is 265 g/mol. The van der Waals surface area contributed by atoms with E-state index in [-0.39, 0.29) is 0 Å². The lowest BCUT2D eigenvalue weighted by Gasteiger charge is -2.15.